The van der Waals surface area contributed by atoms with Gasteiger partial charge in [0.15, 0.2) is 0 Å². The molecule has 0 rings (SSSR count). The molecule has 92 valence electrons. The zero-order valence-corrected chi connectivity index (χ0v) is 11.7. The Labute approximate surface area is 97.8 Å². The smallest absolute Gasteiger partial charge is 0.0386 e. The summed E-state index contributed by atoms with van der Waals surface area (Å²) in [5.74, 6) is 2.74. The summed E-state index contributed by atoms with van der Waals surface area (Å²) in [5, 5.41) is 0. The minimum absolute atomic E-state index is 0.854. The monoisotopic (exact) mass is 212 g/mol. The molecular weight excluding hydrogens is 180 g/mol. The van der Waals surface area contributed by atoms with Gasteiger partial charge in [0.1, 0.15) is 0 Å². The van der Waals surface area contributed by atoms with E-state index < -0.39 is 0 Å². The molecule has 0 aromatic rings. The second-order valence-corrected chi connectivity index (χ2v) is 5.50. The van der Waals surface area contributed by atoms with Crippen LogP contribution in [0.4, 0.5) is 0 Å². The van der Waals surface area contributed by atoms with E-state index in [1.807, 2.05) is 0 Å². The average molecular weight is 212 g/mol. The molecule has 0 aliphatic carbocycles. The first-order valence-electron chi connectivity index (χ1n) is 7.13. The number of unbranched alkanes of at least 4 members (excludes halogenated alkanes) is 3. The molecule has 2 unspecified atom stereocenters. The molecule has 0 nitrogen and oxygen atoms in total. The molecule has 0 aromatic carbocycles. The molecule has 0 fully saturated rings. The molecule has 0 aromatic heterocycles. The summed E-state index contributed by atoms with van der Waals surface area (Å²) in [7, 11) is 0. The van der Waals surface area contributed by atoms with Crippen LogP contribution in [0.5, 0.6) is 0 Å². The van der Waals surface area contributed by atoms with Gasteiger partial charge in [-0.25, -0.2) is 0 Å². The summed E-state index contributed by atoms with van der Waals surface area (Å²) < 4.78 is 0. The third-order valence-electron chi connectivity index (χ3n) is 3.88. The van der Waals surface area contributed by atoms with Gasteiger partial charge in [-0.2, -0.15) is 0 Å². The van der Waals surface area contributed by atoms with Crippen LogP contribution in [0.3, 0.4) is 0 Å². The lowest BCUT2D eigenvalue weighted by Gasteiger charge is -2.26. The van der Waals surface area contributed by atoms with E-state index in [0.717, 1.165) is 17.8 Å². The van der Waals surface area contributed by atoms with E-state index in [1.165, 1.54) is 44.9 Å². The van der Waals surface area contributed by atoms with Gasteiger partial charge in [0.05, 0.1) is 0 Å². The fourth-order valence-corrected chi connectivity index (χ4v) is 2.42. The lowest BCUT2D eigenvalue weighted by atomic mass is 9.79. The highest BCUT2D eigenvalue weighted by atomic mass is 14.2. The molecule has 15 heavy (non-hydrogen) atoms. The Balaban J connectivity index is 3.82. The standard InChI is InChI=1S/C15H32/c1-6-8-9-10-12-15(11-7-2)14(5)13(3)4/h13-15H,6-12H2,1-5H3. The van der Waals surface area contributed by atoms with Crippen LogP contribution in [0.25, 0.3) is 0 Å². The van der Waals surface area contributed by atoms with Gasteiger partial charge < -0.3 is 0 Å². The topological polar surface area (TPSA) is 0 Å². The highest BCUT2D eigenvalue weighted by molar-refractivity contribution is 4.69. The van der Waals surface area contributed by atoms with Crippen LogP contribution in [0.15, 0.2) is 0 Å². The SMILES string of the molecule is CCCCCCC(CCC)C(C)C(C)C. The van der Waals surface area contributed by atoms with Crippen molar-refractivity contribution in [1.29, 1.82) is 0 Å². The molecule has 0 radical (unpaired) electrons. The fraction of sp³-hybridized carbons (Fsp3) is 1.00. The van der Waals surface area contributed by atoms with Crippen molar-refractivity contribution in [2.75, 3.05) is 0 Å². The predicted octanol–water partition coefficient (Wildman–Crippen LogP) is 5.67. The number of hydrogen-bond acceptors (Lipinski definition) is 0. The van der Waals surface area contributed by atoms with Crippen molar-refractivity contribution in [2.45, 2.75) is 79.6 Å². The predicted molar refractivity (Wildman–Crippen MR) is 71.2 cm³/mol. The molecule has 0 heterocycles. The Hall–Kier alpha value is 0. The summed E-state index contributed by atoms with van der Waals surface area (Å²) in [6, 6.07) is 0. The van der Waals surface area contributed by atoms with Gasteiger partial charge in [0, 0.05) is 0 Å². The zero-order chi connectivity index (χ0) is 11.7. The minimum atomic E-state index is 0.854. The summed E-state index contributed by atoms with van der Waals surface area (Å²) in [4.78, 5) is 0. The van der Waals surface area contributed by atoms with E-state index in [4.69, 9.17) is 0 Å². The van der Waals surface area contributed by atoms with Gasteiger partial charge in [-0.1, -0.05) is 79.6 Å². The van der Waals surface area contributed by atoms with Gasteiger partial charge in [-0.15, -0.1) is 0 Å². The average Bonchev–Trinajstić information content (AvgIpc) is 2.21. The summed E-state index contributed by atoms with van der Waals surface area (Å²) in [6.45, 7) is 11.8. The quantitative estimate of drug-likeness (QED) is 0.432. The third-order valence-corrected chi connectivity index (χ3v) is 3.88. The van der Waals surface area contributed by atoms with Gasteiger partial charge in [-0.3, -0.25) is 0 Å². The first-order valence-corrected chi connectivity index (χ1v) is 7.13. The minimum Gasteiger partial charge on any atom is -0.0654 e. The van der Waals surface area contributed by atoms with Crippen molar-refractivity contribution in [3.8, 4) is 0 Å². The van der Waals surface area contributed by atoms with Gasteiger partial charge in [-0.05, 0) is 17.8 Å². The molecule has 0 aliphatic rings. The second kappa shape index (κ2) is 9.24. The van der Waals surface area contributed by atoms with Crippen molar-refractivity contribution in [3.63, 3.8) is 0 Å². The Morgan fingerprint density at radius 2 is 1.40 bits per heavy atom. The molecule has 2 atom stereocenters. The van der Waals surface area contributed by atoms with E-state index in [-0.39, 0.29) is 0 Å². The zero-order valence-electron chi connectivity index (χ0n) is 11.7. The van der Waals surface area contributed by atoms with E-state index >= 15 is 0 Å². The van der Waals surface area contributed by atoms with Crippen molar-refractivity contribution < 1.29 is 0 Å². The van der Waals surface area contributed by atoms with Crippen molar-refractivity contribution in [3.05, 3.63) is 0 Å². The van der Waals surface area contributed by atoms with Crippen LogP contribution < -0.4 is 0 Å². The molecule has 0 N–H and O–H groups in total. The van der Waals surface area contributed by atoms with Crippen LogP contribution in [-0.2, 0) is 0 Å². The number of rotatable bonds is 9. The Bertz CT molecular complexity index is 126. The molecule has 0 spiro atoms. The van der Waals surface area contributed by atoms with Crippen molar-refractivity contribution in [1.82, 2.24) is 0 Å². The van der Waals surface area contributed by atoms with Crippen molar-refractivity contribution >= 4 is 0 Å². The Kier molecular flexibility index (Phi) is 9.24. The van der Waals surface area contributed by atoms with Crippen LogP contribution in [0, 0.1) is 17.8 Å². The third kappa shape index (κ3) is 6.98. The van der Waals surface area contributed by atoms with Gasteiger partial charge in [0.25, 0.3) is 0 Å². The maximum Gasteiger partial charge on any atom is -0.0386 e. The normalized spacial score (nSPS) is 15.6. The highest BCUT2D eigenvalue weighted by Crippen LogP contribution is 2.29. The van der Waals surface area contributed by atoms with E-state index in [0.29, 0.717) is 0 Å². The Morgan fingerprint density at radius 3 is 1.87 bits per heavy atom. The lowest BCUT2D eigenvalue weighted by molar-refractivity contribution is 0.240. The summed E-state index contributed by atoms with van der Waals surface area (Å²) in [6.07, 6.45) is 9.94. The molecular formula is C15H32. The first kappa shape index (κ1) is 15.0. The lowest BCUT2D eigenvalue weighted by Crippen LogP contribution is -2.17. The molecule has 0 saturated carbocycles. The summed E-state index contributed by atoms with van der Waals surface area (Å²) in [5.41, 5.74) is 0. The Morgan fingerprint density at radius 1 is 0.733 bits per heavy atom. The molecule has 0 amide bonds. The van der Waals surface area contributed by atoms with Crippen LogP contribution in [-0.4, -0.2) is 0 Å². The van der Waals surface area contributed by atoms with Crippen LogP contribution in [0.2, 0.25) is 0 Å². The molecule has 0 bridgehead atoms. The molecule has 0 heteroatoms. The van der Waals surface area contributed by atoms with E-state index in [9.17, 15) is 0 Å². The summed E-state index contributed by atoms with van der Waals surface area (Å²) >= 11 is 0. The van der Waals surface area contributed by atoms with Gasteiger partial charge >= 0.3 is 0 Å². The van der Waals surface area contributed by atoms with Crippen LogP contribution >= 0.6 is 0 Å². The van der Waals surface area contributed by atoms with Crippen LogP contribution in [0.1, 0.15) is 79.6 Å². The van der Waals surface area contributed by atoms with E-state index in [1.54, 1.807) is 0 Å². The maximum atomic E-state index is 2.45. The molecule has 0 aliphatic heterocycles. The maximum absolute atomic E-state index is 2.45. The second-order valence-electron chi connectivity index (χ2n) is 5.50. The first-order chi connectivity index (χ1) is 7.13. The largest absolute Gasteiger partial charge is 0.0654 e. The van der Waals surface area contributed by atoms with Gasteiger partial charge in [0.2, 0.25) is 0 Å². The fourth-order valence-electron chi connectivity index (χ4n) is 2.42. The molecule has 0 saturated heterocycles. The highest BCUT2D eigenvalue weighted by Gasteiger charge is 2.18. The number of hydrogen-bond donors (Lipinski definition) is 0. The van der Waals surface area contributed by atoms with Crippen molar-refractivity contribution in [2.24, 2.45) is 17.8 Å². The van der Waals surface area contributed by atoms with E-state index in [2.05, 4.69) is 34.6 Å².